The molecule has 1 saturated heterocycles. The number of nitrogens with two attached hydrogens (primary N) is 1. The summed E-state index contributed by atoms with van der Waals surface area (Å²) in [6, 6.07) is 0.419. The lowest BCUT2D eigenvalue weighted by Crippen LogP contribution is -2.46. The van der Waals surface area contributed by atoms with E-state index in [4.69, 9.17) is 10.5 Å². The summed E-state index contributed by atoms with van der Waals surface area (Å²) < 4.78 is 5.65. The highest BCUT2D eigenvalue weighted by Crippen LogP contribution is 2.18. The molecule has 1 aliphatic rings. The molecule has 2 atom stereocenters. The Balaban J connectivity index is 2.39. The topological polar surface area (TPSA) is 38.5 Å². The van der Waals surface area contributed by atoms with Crippen LogP contribution >= 0.6 is 0 Å². The van der Waals surface area contributed by atoms with Gasteiger partial charge in [-0.25, -0.2) is 0 Å². The van der Waals surface area contributed by atoms with Crippen LogP contribution in [0.3, 0.4) is 0 Å². The fourth-order valence-corrected chi connectivity index (χ4v) is 2.04. The molecule has 0 aromatic carbocycles. The van der Waals surface area contributed by atoms with Crippen LogP contribution in [0.5, 0.6) is 0 Å². The van der Waals surface area contributed by atoms with E-state index in [1.54, 1.807) is 0 Å². The quantitative estimate of drug-likeness (QED) is 0.691. The van der Waals surface area contributed by atoms with Gasteiger partial charge >= 0.3 is 0 Å². The van der Waals surface area contributed by atoms with Crippen LogP contribution in [0.4, 0.5) is 0 Å². The Morgan fingerprint density at radius 1 is 1.62 bits per heavy atom. The number of rotatable bonds is 5. The summed E-state index contributed by atoms with van der Waals surface area (Å²) in [6.07, 6.45) is 3.93. The minimum atomic E-state index is 0.376. The van der Waals surface area contributed by atoms with E-state index in [9.17, 15) is 0 Å². The maximum Gasteiger partial charge on any atom is 0.0743 e. The summed E-state index contributed by atoms with van der Waals surface area (Å²) in [5.41, 5.74) is 5.76. The van der Waals surface area contributed by atoms with Gasteiger partial charge in [0.25, 0.3) is 0 Å². The van der Waals surface area contributed by atoms with Gasteiger partial charge in [-0.1, -0.05) is 6.92 Å². The van der Waals surface area contributed by atoms with Gasteiger partial charge in [0, 0.05) is 19.2 Å². The van der Waals surface area contributed by atoms with Crippen LogP contribution in [0.25, 0.3) is 0 Å². The predicted molar refractivity (Wildman–Crippen MR) is 54.7 cm³/mol. The van der Waals surface area contributed by atoms with E-state index in [0.29, 0.717) is 18.7 Å². The van der Waals surface area contributed by atoms with E-state index in [1.165, 1.54) is 19.3 Å². The lowest BCUT2D eigenvalue weighted by molar-refractivity contribution is 0.0375. The van der Waals surface area contributed by atoms with Crippen LogP contribution < -0.4 is 5.73 Å². The molecule has 0 aromatic heterocycles. The lowest BCUT2D eigenvalue weighted by atomic mass is 10.1. The summed E-state index contributed by atoms with van der Waals surface area (Å²) in [6.45, 7) is 4.93. The van der Waals surface area contributed by atoms with Crippen molar-refractivity contribution in [3.8, 4) is 0 Å². The maximum atomic E-state index is 5.76. The molecule has 2 N–H and O–H groups in total. The first kappa shape index (κ1) is 11.0. The van der Waals surface area contributed by atoms with E-state index in [0.717, 1.165) is 13.2 Å². The molecule has 2 unspecified atom stereocenters. The summed E-state index contributed by atoms with van der Waals surface area (Å²) in [7, 11) is 2.14. The van der Waals surface area contributed by atoms with E-state index in [2.05, 4.69) is 18.9 Å². The van der Waals surface area contributed by atoms with Crippen LogP contribution in [-0.4, -0.2) is 43.8 Å². The molecule has 1 aliphatic heterocycles. The summed E-state index contributed by atoms with van der Waals surface area (Å²) >= 11 is 0. The van der Waals surface area contributed by atoms with E-state index in [-0.39, 0.29) is 0 Å². The van der Waals surface area contributed by atoms with Crippen molar-refractivity contribution in [2.75, 3.05) is 26.7 Å². The smallest absolute Gasteiger partial charge is 0.0743 e. The van der Waals surface area contributed by atoms with Gasteiger partial charge in [-0.05, 0) is 32.9 Å². The average Bonchev–Trinajstić information content (AvgIpc) is 2.59. The third kappa shape index (κ3) is 2.93. The molecule has 3 heteroatoms. The van der Waals surface area contributed by atoms with E-state index < -0.39 is 0 Å². The molecule has 0 bridgehead atoms. The van der Waals surface area contributed by atoms with Gasteiger partial charge in [-0.3, -0.25) is 4.90 Å². The normalized spacial score (nSPS) is 25.4. The molecule has 1 heterocycles. The summed E-state index contributed by atoms with van der Waals surface area (Å²) in [5.74, 6) is 0. The third-order valence-electron chi connectivity index (χ3n) is 2.78. The van der Waals surface area contributed by atoms with Gasteiger partial charge in [0.2, 0.25) is 0 Å². The van der Waals surface area contributed by atoms with Crippen molar-refractivity contribution < 1.29 is 4.74 Å². The van der Waals surface area contributed by atoms with E-state index >= 15 is 0 Å². The fourth-order valence-electron chi connectivity index (χ4n) is 2.04. The minimum Gasteiger partial charge on any atom is -0.377 e. The van der Waals surface area contributed by atoms with Crippen molar-refractivity contribution in [1.82, 2.24) is 4.90 Å². The standard InChI is InChI=1S/C10H22N2O/c1-3-6-12(2)9(8-11)10-5-4-7-13-10/h9-10H,3-8,11H2,1-2H3. The second kappa shape index (κ2) is 5.58. The average molecular weight is 186 g/mol. The summed E-state index contributed by atoms with van der Waals surface area (Å²) in [4.78, 5) is 2.33. The zero-order chi connectivity index (χ0) is 9.68. The molecule has 0 amide bonds. The van der Waals surface area contributed by atoms with Crippen LogP contribution in [-0.2, 0) is 4.74 Å². The van der Waals surface area contributed by atoms with Crippen molar-refractivity contribution in [2.45, 2.75) is 38.3 Å². The third-order valence-corrected chi connectivity index (χ3v) is 2.78. The highest BCUT2D eigenvalue weighted by atomic mass is 16.5. The van der Waals surface area contributed by atoms with Crippen LogP contribution in [0.2, 0.25) is 0 Å². The Kier molecular flexibility index (Phi) is 4.70. The molecule has 1 rings (SSSR count). The van der Waals surface area contributed by atoms with Crippen molar-refractivity contribution in [3.05, 3.63) is 0 Å². The Labute approximate surface area is 81.2 Å². The molecule has 0 aromatic rings. The number of hydrogen-bond acceptors (Lipinski definition) is 3. The fraction of sp³-hybridized carbons (Fsp3) is 1.00. The summed E-state index contributed by atoms with van der Waals surface area (Å²) in [5, 5.41) is 0. The van der Waals surface area contributed by atoms with Gasteiger partial charge in [-0.15, -0.1) is 0 Å². The van der Waals surface area contributed by atoms with Crippen LogP contribution in [0, 0.1) is 0 Å². The molecule has 3 nitrogen and oxygen atoms in total. The molecule has 0 spiro atoms. The van der Waals surface area contributed by atoms with Crippen molar-refractivity contribution in [2.24, 2.45) is 5.73 Å². The number of hydrogen-bond donors (Lipinski definition) is 1. The molecule has 78 valence electrons. The minimum absolute atomic E-state index is 0.376. The molecule has 0 aliphatic carbocycles. The Morgan fingerprint density at radius 2 is 2.38 bits per heavy atom. The zero-order valence-electron chi connectivity index (χ0n) is 8.83. The first-order chi connectivity index (χ1) is 6.29. The Morgan fingerprint density at radius 3 is 2.85 bits per heavy atom. The lowest BCUT2D eigenvalue weighted by Gasteiger charge is -2.30. The van der Waals surface area contributed by atoms with Crippen LogP contribution in [0.1, 0.15) is 26.2 Å². The van der Waals surface area contributed by atoms with Gasteiger partial charge in [0.05, 0.1) is 6.10 Å². The number of ether oxygens (including phenoxy) is 1. The van der Waals surface area contributed by atoms with Gasteiger partial charge in [0.15, 0.2) is 0 Å². The van der Waals surface area contributed by atoms with Gasteiger partial charge in [0.1, 0.15) is 0 Å². The van der Waals surface area contributed by atoms with Gasteiger partial charge in [-0.2, -0.15) is 0 Å². The molecule has 13 heavy (non-hydrogen) atoms. The molecular formula is C10H22N2O. The van der Waals surface area contributed by atoms with E-state index in [1.807, 2.05) is 0 Å². The number of likely N-dealkylation sites (N-methyl/N-ethyl adjacent to an activating group) is 1. The first-order valence-corrected chi connectivity index (χ1v) is 5.31. The molecule has 0 saturated carbocycles. The second-order valence-electron chi connectivity index (χ2n) is 3.84. The Bertz CT molecular complexity index is 135. The van der Waals surface area contributed by atoms with Crippen molar-refractivity contribution in [3.63, 3.8) is 0 Å². The van der Waals surface area contributed by atoms with Gasteiger partial charge < -0.3 is 10.5 Å². The highest BCUT2D eigenvalue weighted by molar-refractivity contribution is 4.82. The highest BCUT2D eigenvalue weighted by Gasteiger charge is 2.27. The monoisotopic (exact) mass is 186 g/mol. The SMILES string of the molecule is CCCN(C)C(CN)C1CCCO1. The van der Waals surface area contributed by atoms with Crippen molar-refractivity contribution >= 4 is 0 Å². The zero-order valence-corrected chi connectivity index (χ0v) is 8.83. The molecule has 1 fully saturated rings. The maximum absolute atomic E-state index is 5.76. The number of nitrogens with zero attached hydrogens (tertiary/aromatic N) is 1. The predicted octanol–water partition coefficient (Wildman–Crippen LogP) is 0.834. The largest absolute Gasteiger partial charge is 0.377 e. The van der Waals surface area contributed by atoms with Crippen LogP contribution in [0.15, 0.2) is 0 Å². The first-order valence-electron chi connectivity index (χ1n) is 5.31. The Hall–Kier alpha value is -0.120. The second-order valence-corrected chi connectivity index (χ2v) is 3.84. The molecule has 0 radical (unpaired) electrons. The van der Waals surface area contributed by atoms with Crippen molar-refractivity contribution in [1.29, 1.82) is 0 Å². The molecular weight excluding hydrogens is 164 g/mol.